The molecule has 0 radical (unpaired) electrons. The first kappa shape index (κ1) is 20.8. The highest BCUT2D eigenvalue weighted by atomic mass is 16.5. The highest BCUT2D eigenvalue weighted by molar-refractivity contribution is 5.95. The Balaban J connectivity index is 1.47. The number of piperidine rings is 2. The summed E-state index contributed by atoms with van der Waals surface area (Å²) in [4.78, 5) is 32.6. The highest BCUT2D eigenvalue weighted by Gasteiger charge is 2.29. The van der Waals surface area contributed by atoms with Crippen LogP contribution < -0.4 is 10.9 Å². The van der Waals surface area contributed by atoms with Gasteiger partial charge in [0.1, 0.15) is 5.56 Å². The van der Waals surface area contributed by atoms with E-state index in [9.17, 15) is 9.59 Å². The molecule has 7 heteroatoms. The maximum atomic E-state index is 13.3. The van der Waals surface area contributed by atoms with Crippen molar-refractivity contribution in [3.8, 4) is 0 Å². The Hall–Kier alpha value is -2.51. The molecule has 1 atom stereocenters. The van der Waals surface area contributed by atoms with E-state index >= 15 is 0 Å². The van der Waals surface area contributed by atoms with Gasteiger partial charge in [0, 0.05) is 31.5 Å². The van der Waals surface area contributed by atoms with Crippen molar-refractivity contribution < 1.29 is 9.53 Å². The fraction of sp³-hybridized carbons (Fsp3) is 0.522. The molecule has 1 unspecified atom stereocenters. The first-order valence-electron chi connectivity index (χ1n) is 10.9. The van der Waals surface area contributed by atoms with E-state index in [1.807, 2.05) is 37.4 Å². The molecule has 2 saturated heterocycles. The van der Waals surface area contributed by atoms with Crippen molar-refractivity contribution >= 4 is 5.91 Å². The molecule has 2 aromatic heterocycles. The smallest absolute Gasteiger partial charge is 0.263 e. The minimum Gasteiger partial charge on any atom is -0.370 e. The van der Waals surface area contributed by atoms with Crippen LogP contribution in [0.4, 0.5) is 0 Å². The fourth-order valence-corrected chi connectivity index (χ4v) is 4.38. The molecule has 0 aromatic carbocycles. The number of hydrogen-bond acceptors (Lipinski definition) is 5. The second kappa shape index (κ2) is 9.53. The zero-order valence-electron chi connectivity index (χ0n) is 17.5. The zero-order valence-corrected chi connectivity index (χ0v) is 17.5. The molecule has 2 aromatic rings. The van der Waals surface area contributed by atoms with Crippen molar-refractivity contribution in [1.29, 1.82) is 0 Å². The fourth-order valence-electron chi connectivity index (χ4n) is 4.38. The topological polar surface area (TPSA) is 76.5 Å². The maximum absolute atomic E-state index is 13.3. The number of likely N-dealkylation sites (tertiary alicyclic amines) is 1. The van der Waals surface area contributed by atoms with Crippen LogP contribution in [0.2, 0.25) is 0 Å². The van der Waals surface area contributed by atoms with E-state index in [1.165, 1.54) is 0 Å². The number of aromatic nitrogens is 2. The van der Waals surface area contributed by atoms with Gasteiger partial charge in [0.15, 0.2) is 0 Å². The van der Waals surface area contributed by atoms with Crippen LogP contribution in [-0.2, 0) is 11.3 Å². The Morgan fingerprint density at radius 2 is 2.07 bits per heavy atom. The molecular weight excluding hydrogens is 380 g/mol. The highest BCUT2D eigenvalue weighted by Crippen LogP contribution is 2.20. The molecule has 2 aliphatic heterocycles. The molecule has 4 heterocycles. The van der Waals surface area contributed by atoms with Gasteiger partial charge in [0.25, 0.3) is 11.5 Å². The number of rotatable bonds is 5. The lowest BCUT2D eigenvalue weighted by atomic mass is 10.0. The molecule has 0 bridgehead atoms. The number of nitrogens with one attached hydrogen (secondary N) is 1. The van der Waals surface area contributed by atoms with Crippen LogP contribution in [0, 0.1) is 6.92 Å². The van der Waals surface area contributed by atoms with Gasteiger partial charge in [-0.3, -0.25) is 14.6 Å². The summed E-state index contributed by atoms with van der Waals surface area (Å²) in [6, 6.07) is 7.80. The average molecular weight is 411 g/mol. The summed E-state index contributed by atoms with van der Waals surface area (Å²) >= 11 is 0. The van der Waals surface area contributed by atoms with E-state index in [2.05, 4.69) is 10.3 Å². The number of carbonyl (C=O) groups is 1. The average Bonchev–Trinajstić information content (AvgIpc) is 2.79. The molecule has 2 fully saturated rings. The van der Waals surface area contributed by atoms with E-state index in [4.69, 9.17) is 4.74 Å². The normalized spacial score (nSPS) is 20.3. The molecule has 1 amide bonds. The van der Waals surface area contributed by atoms with Gasteiger partial charge in [0.2, 0.25) is 0 Å². The van der Waals surface area contributed by atoms with Crippen molar-refractivity contribution in [3.05, 3.63) is 63.8 Å². The molecule has 2 aliphatic rings. The third-order valence-corrected chi connectivity index (χ3v) is 6.10. The summed E-state index contributed by atoms with van der Waals surface area (Å²) in [5.41, 5.74) is 1.77. The maximum Gasteiger partial charge on any atom is 0.263 e. The van der Waals surface area contributed by atoms with E-state index in [0.29, 0.717) is 25.3 Å². The molecule has 1 N–H and O–H groups in total. The minimum absolute atomic E-state index is 0.0413. The second-order valence-electron chi connectivity index (χ2n) is 8.21. The number of carbonyl (C=O) groups excluding carboxylic acids is 1. The van der Waals surface area contributed by atoms with Gasteiger partial charge in [-0.2, -0.15) is 0 Å². The number of ether oxygens (including phenoxy) is 1. The first-order chi connectivity index (χ1) is 14.6. The van der Waals surface area contributed by atoms with Crippen molar-refractivity contribution in [2.45, 2.75) is 51.4 Å². The monoisotopic (exact) mass is 410 g/mol. The molecule has 0 aliphatic carbocycles. The van der Waals surface area contributed by atoms with E-state index in [0.717, 1.165) is 50.0 Å². The van der Waals surface area contributed by atoms with Crippen LogP contribution >= 0.6 is 0 Å². The van der Waals surface area contributed by atoms with Gasteiger partial charge in [-0.1, -0.05) is 6.07 Å². The summed E-state index contributed by atoms with van der Waals surface area (Å²) < 4.78 is 7.78. The number of pyridine rings is 2. The summed E-state index contributed by atoms with van der Waals surface area (Å²) in [6.07, 6.45) is 7.14. The zero-order chi connectivity index (χ0) is 20.9. The van der Waals surface area contributed by atoms with Gasteiger partial charge in [-0.15, -0.1) is 0 Å². The second-order valence-corrected chi connectivity index (χ2v) is 8.21. The molecule has 30 heavy (non-hydrogen) atoms. The van der Waals surface area contributed by atoms with Gasteiger partial charge >= 0.3 is 0 Å². The van der Waals surface area contributed by atoms with Crippen LogP contribution in [0.15, 0.2) is 41.5 Å². The minimum atomic E-state index is -0.174. The molecule has 7 nitrogen and oxygen atoms in total. The number of hydrogen-bond donors (Lipinski definition) is 1. The lowest BCUT2D eigenvalue weighted by Gasteiger charge is -2.33. The van der Waals surface area contributed by atoms with Crippen LogP contribution in [0.25, 0.3) is 0 Å². The third-order valence-electron chi connectivity index (χ3n) is 6.10. The molecule has 160 valence electrons. The van der Waals surface area contributed by atoms with Crippen molar-refractivity contribution in [2.24, 2.45) is 0 Å². The van der Waals surface area contributed by atoms with E-state index < -0.39 is 0 Å². The van der Waals surface area contributed by atoms with Gasteiger partial charge in [0.05, 0.1) is 18.4 Å². The Morgan fingerprint density at radius 3 is 2.83 bits per heavy atom. The third kappa shape index (κ3) is 4.63. The van der Waals surface area contributed by atoms with Crippen LogP contribution in [-0.4, -0.2) is 52.6 Å². The molecule has 0 saturated carbocycles. The Kier molecular flexibility index (Phi) is 6.59. The first-order valence-corrected chi connectivity index (χ1v) is 10.9. The lowest BCUT2D eigenvalue weighted by Crippen LogP contribution is -2.46. The molecular formula is C23H30N4O3. The van der Waals surface area contributed by atoms with Gasteiger partial charge in [-0.25, -0.2) is 0 Å². The Morgan fingerprint density at radius 1 is 1.23 bits per heavy atom. The van der Waals surface area contributed by atoms with Crippen molar-refractivity contribution in [2.75, 3.05) is 26.2 Å². The lowest BCUT2D eigenvalue weighted by molar-refractivity contribution is -0.00794. The number of amides is 1. The predicted molar refractivity (Wildman–Crippen MR) is 115 cm³/mol. The SMILES string of the molecule is Cc1ccn(C2CCNCC2)c(=O)c1C(=O)N1CCCC(OCc2ccccn2)C1. The molecule has 4 rings (SSSR count). The van der Waals surface area contributed by atoms with E-state index in [-0.39, 0.29) is 23.6 Å². The standard InChI is InChI=1S/C23H30N4O3/c1-17-9-14-27(19-7-11-24-12-8-19)23(29)21(17)22(28)26-13-4-6-20(15-26)30-16-18-5-2-3-10-25-18/h2-3,5,9-10,14,19-20,24H,4,6-8,11-13,15-16H2,1H3. The Labute approximate surface area is 177 Å². The van der Waals surface area contributed by atoms with Gasteiger partial charge in [-0.05, 0) is 69.5 Å². The van der Waals surface area contributed by atoms with E-state index in [1.54, 1.807) is 15.7 Å². The summed E-state index contributed by atoms with van der Waals surface area (Å²) in [6.45, 7) is 5.24. The van der Waals surface area contributed by atoms with Crippen LogP contribution in [0.3, 0.4) is 0 Å². The number of aryl methyl sites for hydroxylation is 1. The van der Waals surface area contributed by atoms with Crippen LogP contribution in [0.1, 0.15) is 53.3 Å². The van der Waals surface area contributed by atoms with Gasteiger partial charge < -0.3 is 19.5 Å². The molecule has 0 spiro atoms. The quantitative estimate of drug-likeness (QED) is 0.819. The largest absolute Gasteiger partial charge is 0.370 e. The summed E-state index contributed by atoms with van der Waals surface area (Å²) in [5, 5.41) is 3.32. The summed E-state index contributed by atoms with van der Waals surface area (Å²) in [5.74, 6) is -0.174. The summed E-state index contributed by atoms with van der Waals surface area (Å²) in [7, 11) is 0. The van der Waals surface area contributed by atoms with Crippen molar-refractivity contribution in [1.82, 2.24) is 19.8 Å². The predicted octanol–water partition coefficient (Wildman–Crippen LogP) is 2.30. The Bertz CT molecular complexity index is 922. The van der Waals surface area contributed by atoms with Crippen LogP contribution in [0.5, 0.6) is 0 Å². The van der Waals surface area contributed by atoms with Crippen molar-refractivity contribution in [3.63, 3.8) is 0 Å². The number of nitrogens with zero attached hydrogens (tertiary/aromatic N) is 3.